The molecule has 1 aromatic rings. The maximum atomic E-state index is 11.8. The number of carbonyl (C=O) groups is 2. The maximum Gasteiger partial charge on any atom is 0.340 e. The first kappa shape index (κ1) is 13.7. The van der Waals surface area contributed by atoms with Crippen LogP contribution >= 0.6 is 11.3 Å². The molecule has 1 aromatic heterocycles. The van der Waals surface area contributed by atoms with Crippen LogP contribution in [0.25, 0.3) is 0 Å². The third-order valence-corrected chi connectivity index (χ3v) is 3.13. The Labute approximate surface area is 105 Å². The molecule has 0 aliphatic rings. The molecular weight excluding hydrogens is 238 g/mol. The van der Waals surface area contributed by atoms with Crippen LogP contribution in [0.3, 0.4) is 0 Å². The molecule has 5 heteroatoms. The zero-order valence-corrected chi connectivity index (χ0v) is 11.5. The number of amides is 1. The van der Waals surface area contributed by atoms with Gasteiger partial charge in [-0.05, 0) is 13.0 Å². The first-order chi connectivity index (χ1) is 7.75. The summed E-state index contributed by atoms with van der Waals surface area (Å²) in [5, 5.41) is 3.32. The summed E-state index contributed by atoms with van der Waals surface area (Å²) in [6.07, 6.45) is 0. The van der Waals surface area contributed by atoms with Crippen molar-refractivity contribution < 1.29 is 14.3 Å². The van der Waals surface area contributed by atoms with Crippen LogP contribution < -0.4 is 5.32 Å². The highest BCUT2D eigenvalue weighted by Gasteiger charge is 2.24. The van der Waals surface area contributed by atoms with E-state index in [2.05, 4.69) is 10.1 Å². The molecule has 0 radical (unpaired) electrons. The summed E-state index contributed by atoms with van der Waals surface area (Å²) in [5.74, 6) is -0.553. The molecule has 0 atom stereocenters. The highest BCUT2D eigenvalue weighted by molar-refractivity contribution is 7.16. The smallest absolute Gasteiger partial charge is 0.340 e. The molecule has 1 heterocycles. The van der Waals surface area contributed by atoms with Crippen LogP contribution in [0.1, 0.15) is 36.0 Å². The minimum absolute atomic E-state index is 0.121. The molecule has 1 N–H and O–H groups in total. The van der Waals surface area contributed by atoms with Gasteiger partial charge in [0.25, 0.3) is 0 Å². The Hall–Kier alpha value is -1.36. The van der Waals surface area contributed by atoms with Crippen molar-refractivity contribution >= 4 is 28.2 Å². The van der Waals surface area contributed by atoms with E-state index in [4.69, 9.17) is 0 Å². The van der Waals surface area contributed by atoms with Gasteiger partial charge < -0.3 is 10.1 Å². The second-order valence-electron chi connectivity index (χ2n) is 4.80. The van der Waals surface area contributed by atoms with Gasteiger partial charge in [0.05, 0.1) is 12.7 Å². The molecule has 0 unspecified atom stereocenters. The molecule has 1 amide bonds. The number of rotatable bonds is 2. The molecule has 0 aliphatic carbocycles. The van der Waals surface area contributed by atoms with E-state index in [1.165, 1.54) is 18.4 Å². The second kappa shape index (κ2) is 4.87. The van der Waals surface area contributed by atoms with E-state index in [-0.39, 0.29) is 5.91 Å². The number of ether oxygens (including phenoxy) is 1. The zero-order valence-electron chi connectivity index (χ0n) is 10.7. The summed E-state index contributed by atoms with van der Waals surface area (Å²) >= 11 is 1.37. The van der Waals surface area contributed by atoms with E-state index in [1.54, 1.807) is 6.07 Å². The van der Waals surface area contributed by atoms with Gasteiger partial charge in [0, 0.05) is 10.3 Å². The number of carbonyl (C=O) groups excluding carboxylic acids is 2. The van der Waals surface area contributed by atoms with Crippen LogP contribution in [-0.2, 0) is 9.53 Å². The van der Waals surface area contributed by atoms with Crippen LogP contribution in [0.4, 0.5) is 5.00 Å². The molecule has 0 saturated heterocycles. The molecule has 94 valence electrons. The third kappa shape index (κ3) is 3.30. The highest BCUT2D eigenvalue weighted by Crippen LogP contribution is 2.29. The van der Waals surface area contributed by atoms with Crippen LogP contribution in [-0.4, -0.2) is 19.0 Å². The summed E-state index contributed by atoms with van der Waals surface area (Å²) in [6, 6.07) is 1.72. The van der Waals surface area contributed by atoms with Crippen molar-refractivity contribution in [1.29, 1.82) is 0 Å². The Kier molecular flexibility index (Phi) is 3.93. The molecule has 0 aromatic carbocycles. The first-order valence-corrected chi connectivity index (χ1v) is 6.07. The lowest BCUT2D eigenvalue weighted by atomic mass is 9.96. The number of nitrogens with one attached hydrogen (secondary N) is 1. The summed E-state index contributed by atoms with van der Waals surface area (Å²) < 4.78 is 4.67. The van der Waals surface area contributed by atoms with E-state index in [0.717, 1.165) is 4.88 Å². The average Bonchev–Trinajstić information content (AvgIpc) is 2.57. The molecule has 17 heavy (non-hydrogen) atoms. The largest absolute Gasteiger partial charge is 0.465 e. The van der Waals surface area contributed by atoms with Crippen LogP contribution in [0.5, 0.6) is 0 Å². The van der Waals surface area contributed by atoms with E-state index in [1.807, 2.05) is 27.7 Å². The highest BCUT2D eigenvalue weighted by atomic mass is 32.1. The topological polar surface area (TPSA) is 55.4 Å². The van der Waals surface area contributed by atoms with Gasteiger partial charge in [-0.3, -0.25) is 4.79 Å². The van der Waals surface area contributed by atoms with Crippen molar-refractivity contribution in [1.82, 2.24) is 0 Å². The SMILES string of the molecule is COC(=O)c1cc(C)sc1NC(=O)C(C)(C)C. The fourth-order valence-electron chi connectivity index (χ4n) is 1.16. The monoisotopic (exact) mass is 255 g/mol. The third-order valence-electron chi connectivity index (χ3n) is 2.17. The predicted octanol–water partition coefficient (Wildman–Crippen LogP) is 2.83. The second-order valence-corrected chi connectivity index (χ2v) is 6.05. The van der Waals surface area contributed by atoms with Gasteiger partial charge in [-0.2, -0.15) is 0 Å². The van der Waals surface area contributed by atoms with E-state index < -0.39 is 11.4 Å². The van der Waals surface area contributed by atoms with E-state index >= 15 is 0 Å². The van der Waals surface area contributed by atoms with Crippen molar-refractivity contribution in [2.24, 2.45) is 5.41 Å². The molecule has 4 nitrogen and oxygen atoms in total. The van der Waals surface area contributed by atoms with Gasteiger partial charge in [-0.25, -0.2) is 4.79 Å². The minimum Gasteiger partial charge on any atom is -0.465 e. The van der Waals surface area contributed by atoms with Crippen molar-refractivity contribution in [3.05, 3.63) is 16.5 Å². The van der Waals surface area contributed by atoms with Gasteiger partial charge in [-0.15, -0.1) is 11.3 Å². The number of anilines is 1. The Balaban J connectivity index is 2.99. The van der Waals surface area contributed by atoms with E-state index in [9.17, 15) is 9.59 Å². The zero-order chi connectivity index (χ0) is 13.2. The normalized spacial score (nSPS) is 11.1. The first-order valence-electron chi connectivity index (χ1n) is 5.26. The van der Waals surface area contributed by atoms with Crippen LogP contribution in [0.2, 0.25) is 0 Å². The Morgan fingerprint density at radius 1 is 1.35 bits per heavy atom. The van der Waals surface area contributed by atoms with E-state index in [0.29, 0.717) is 10.6 Å². The fraction of sp³-hybridized carbons (Fsp3) is 0.500. The quantitative estimate of drug-likeness (QED) is 0.827. The molecule has 0 saturated carbocycles. The summed E-state index contributed by atoms with van der Waals surface area (Å²) in [7, 11) is 1.32. The van der Waals surface area contributed by atoms with Gasteiger partial charge >= 0.3 is 5.97 Å². The lowest BCUT2D eigenvalue weighted by molar-refractivity contribution is -0.123. The van der Waals surface area contributed by atoms with Crippen molar-refractivity contribution in [2.45, 2.75) is 27.7 Å². The summed E-state index contributed by atoms with van der Waals surface area (Å²) in [4.78, 5) is 24.3. The predicted molar refractivity (Wildman–Crippen MR) is 68.5 cm³/mol. The molecule has 1 rings (SSSR count). The lowest BCUT2D eigenvalue weighted by Crippen LogP contribution is -2.27. The number of esters is 1. The molecule has 0 aliphatic heterocycles. The molecule has 0 bridgehead atoms. The van der Waals surface area contributed by atoms with Gasteiger partial charge in [0.1, 0.15) is 5.00 Å². The van der Waals surface area contributed by atoms with Gasteiger partial charge in [0.2, 0.25) is 5.91 Å². The van der Waals surface area contributed by atoms with Crippen molar-refractivity contribution in [3.8, 4) is 0 Å². The Bertz CT molecular complexity index is 443. The number of methoxy groups -OCH3 is 1. The average molecular weight is 255 g/mol. The maximum absolute atomic E-state index is 11.8. The fourth-order valence-corrected chi connectivity index (χ4v) is 2.05. The number of hydrogen-bond acceptors (Lipinski definition) is 4. The number of hydrogen-bond donors (Lipinski definition) is 1. The number of thiophene rings is 1. The molecular formula is C12H17NO3S. The van der Waals surface area contributed by atoms with Gasteiger partial charge in [0.15, 0.2) is 0 Å². The standard InChI is InChI=1S/C12H17NO3S/c1-7-6-8(10(14)16-5)9(17-7)13-11(15)12(2,3)4/h6H,1-5H3,(H,13,15). The Morgan fingerprint density at radius 2 is 1.94 bits per heavy atom. The van der Waals surface area contributed by atoms with Crippen LogP contribution in [0, 0.1) is 12.3 Å². The lowest BCUT2D eigenvalue weighted by Gasteiger charge is -2.17. The van der Waals surface area contributed by atoms with Crippen LogP contribution in [0.15, 0.2) is 6.07 Å². The number of aryl methyl sites for hydroxylation is 1. The summed E-state index contributed by atoms with van der Waals surface area (Å²) in [5.41, 5.74) is -0.0849. The Morgan fingerprint density at radius 3 is 2.41 bits per heavy atom. The summed E-state index contributed by atoms with van der Waals surface area (Å²) in [6.45, 7) is 7.34. The minimum atomic E-state index is -0.495. The van der Waals surface area contributed by atoms with Crippen molar-refractivity contribution in [2.75, 3.05) is 12.4 Å². The van der Waals surface area contributed by atoms with Crippen molar-refractivity contribution in [3.63, 3.8) is 0 Å². The molecule has 0 fully saturated rings. The molecule has 0 spiro atoms. The van der Waals surface area contributed by atoms with Gasteiger partial charge in [-0.1, -0.05) is 20.8 Å².